The molecular weight excluding hydrogens is 434 g/mol. The van der Waals surface area contributed by atoms with E-state index in [0.717, 1.165) is 17.0 Å². The van der Waals surface area contributed by atoms with Gasteiger partial charge in [0.05, 0.1) is 7.11 Å². The molecule has 0 aromatic heterocycles. The molecule has 1 aliphatic heterocycles. The van der Waals surface area contributed by atoms with Gasteiger partial charge in [0.2, 0.25) is 0 Å². The summed E-state index contributed by atoms with van der Waals surface area (Å²) in [5.74, 6) is -0.588. The summed E-state index contributed by atoms with van der Waals surface area (Å²) in [5, 5.41) is 2.74. The summed E-state index contributed by atoms with van der Waals surface area (Å²) < 4.78 is 10.5. The van der Waals surface area contributed by atoms with Gasteiger partial charge in [0.15, 0.2) is 6.61 Å². The maximum absolute atomic E-state index is 12.7. The van der Waals surface area contributed by atoms with Gasteiger partial charge >= 0.3 is 5.97 Å². The highest BCUT2D eigenvalue weighted by atomic mass is 16.5. The molecule has 1 N–H and O–H groups in total. The Morgan fingerprint density at radius 3 is 2.26 bits per heavy atom. The fourth-order valence-electron chi connectivity index (χ4n) is 3.83. The summed E-state index contributed by atoms with van der Waals surface area (Å²) >= 11 is 0. The van der Waals surface area contributed by atoms with E-state index in [1.54, 1.807) is 30.2 Å². The molecule has 2 amide bonds. The molecule has 8 nitrogen and oxygen atoms in total. The Morgan fingerprint density at radius 2 is 1.68 bits per heavy atom. The van der Waals surface area contributed by atoms with Crippen molar-refractivity contribution in [3.8, 4) is 5.75 Å². The number of nitrogens with one attached hydrogen (secondary N) is 1. The van der Waals surface area contributed by atoms with Gasteiger partial charge in [0.1, 0.15) is 11.8 Å². The minimum absolute atomic E-state index is 0.190. The van der Waals surface area contributed by atoms with Gasteiger partial charge in [-0.2, -0.15) is 0 Å². The van der Waals surface area contributed by atoms with Gasteiger partial charge in [-0.25, -0.2) is 4.79 Å². The number of amides is 2. The minimum atomic E-state index is -0.840. The van der Waals surface area contributed by atoms with Gasteiger partial charge < -0.3 is 24.6 Å². The number of aryl methyl sites for hydroxylation is 1. The summed E-state index contributed by atoms with van der Waals surface area (Å²) in [6.07, 6.45) is 0. The van der Waals surface area contributed by atoms with E-state index in [0.29, 0.717) is 31.7 Å². The zero-order valence-electron chi connectivity index (χ0n) is 20.2. The lowest BCUT2D eigenvalue weighted by molar-refractivity contribution is -0.154. The molecule has 0 bridgehead atoms. The molecule has 1 atom stereocenters. The third-order valence-electron chi connectivity index (χ3n) is 5.90. The van der Waals surface area contributed by atoms with Crippen molar-refractivity contribution in [3.05, 3.63) is 59.7 Å². The number of rotatable bonds is 8. The van der Waals surface area contributed by atoms with E-state index in [4.69, 9.17) is 9.47 Å². The highest BCUT2D eigenvalue weighted by molar-refractivity contribution is 5.97. The molecular formula is C26H33N3O5. The molecule has 0 aliphatic carbocycles. The summed E-state index contributed by atoms with van der Waals surface area (Å²) in [6, 6.07) is 14.1. The zero-order valence-corrected chi connectivity index (χ0v) is 20.2. The maximum atomic E-state index is 12.7. The van der Waals surface area contributed by atoms with E-state index in [-0.39, 0.29) is 24.3 Å². The third-order valence-corrected chi connectivity index (χ3v) is 5.90. The SMILES string of the molecule is COc1ccc(N2CCN(C(=O)COC(=O)C(NC(=O)c3cccc(C)c3)C(C)C)CC2)cc1. The van der Waals surface area contributed by atoms with Crippen molar-refractivity contribution < 1.29 is 23.9 Å². The number of ether oxygens (including phenoxy) is 2. The fraction of sp³-hybridized carbons (Fsp3) is 0.423. The Bertz CT molecular complexity index is 998. The predicted octanol–water partition coefficient (Wildman–Crippen LogP) is 2.65. The first-order valence-corrected chi connectivity index (χ1v) is 11.5. The van der Waals surface area contributed by atoms with Crippen molar-refractivity contribution in [2.75, 3.05) is 44.8 Å². The molecule has 1 saturated heterocycles. The number of hydrogen-bond acceptors (Lipinski definition) is 6. The first-order valence-electron chi connectivity index (χ1n) is 11.5. The maximum Gasteiger partial charge on any atom is 0.329 e. The van der Waals surface area contributed by atoms with Crippen LogP contribution in [-0.4, -0.2) is 68.6 Å². The standard InChI is InChI=1S/C26H33N3O5/c1-18(2)24(27-25(31)20-7-5-6-19(3)16-20)26(32)34-17-23(30)29-14-12-28(13-15-29)21-8-10-22(33-4)11-9-21/h5-11,16,18,24H,12-15,17H2,1-4H3,(H,27,31). The highest BCUT2D eigenvalue weighted by Gasteiger charge is 2.28. The molecule has 2 aromatic carbocycles. The van der Waals surface area contributed by atoms with Crippen molar-refractivity contribution in [2.24, 2.45) is 5.92 Å². The Kier molecular flexibility index (Phi) is 8.51. The summed E-state index contributed by atoms with van der Waals surface area (Å²) in [7, 11) is 1.63. The van der Waals surface area contributed by atoms with Crippen LogP contribution in [0.5, 0.6) is 5.75 Å². The van der Waals surface area contributed by atoms with Crippen LogP contribution in [0.15, 0.2) is 48.5 Å². The van der Waals surface area contributed by atoms with Crippen molar-refractivity contribution in [1.82, 2.24) is 10.2 Å². The number of piperazine rings is 1. The molecule has 0 radical (unpaired) electrons. The monoisotopic (exact) mass is 467 g/mol. The average Bonchev–Trinajstić information content (AvgIpc) is 2.85. The molecule has 8 heteroatoms. The van der Waals surface area contributed by atoms with Gasteiger partial charge in [-0.05, 0) is 49.2 Å². The van der Waals surface area contributed by atoms with E-state index in [9.17, 15) is 14.4 Å². The van der Waals surface area contributed by atoms with Crippen molar-refractivity contribution in [1.29, 1.82) is 0 Å². The molecule has 1 aliphatic rings. The zero-order chi connectivity index (χ0) is 24.7. The van der Waals surface area contributed by atoms with Gasteiger partial charge in [-0.3, -0.25) is 9.59 Å². The molecule has 0 spiro atoms. The number of methoxy groups -OCH3 is 1. The molecule has 1 fully saturated rings. The smallest absolute Gasteiger partial charge is 0.329 e. The average molecular weight is 468 g/mol. The lowest BCUT2D eigenvalue weighted by Crippen LogP contribution is -2.50. The van der Waals surface area contributed by atoms with Gasteiger partial charge in [-0.1, -0.05) is 31.5 Å². The predicted molar refractivity (Wildman–Crippen MR) is 130 cm³/mol. The van der Waals surface area contributed by atoms with Gasteiger partial charge in [0.25, 0.3) is 11.8 Å². The number of esters is 1. The van der Waals surface area contributed by atoms with Gasteiger partial charge in [0, 0.05) is 37.4 Å². The van der Waals surface area contributed by atoms with Crippen LogP contribution in [-0.2, 0) is 14.3 Å². The fourth-order valence-corrected chi connectivity index (χ4v) is 3.83. The van der Waals surface area contributed by atoms with Crippen LogP contribution < -0.4 is 15.0 Å². The second-order valence-electron chi connectivity index (χ2n) is 8.74. The lowest BCUT2D eigenvalue weighted by Gasteiger charge is -2.36. The van der Waals surface area contributed by atoms with Crippen LogP contribution >= 0.6 is 0 Å². The largest absolute Gasteiger partial charge is 0.497 e. The molecule has 0 saturated carbocycles. The molecule has 34 heavy (non-hydrogen) atoms. The first kappa shape index (κ1) is 25.1. The molecule has 3 rings (SSSR count). The van der Waals surface area contributed by atoms with E-state index in [1.807, 2.05) is 51.1 Å². The normalized spacial score (nSPS) is 14.5. The second kappa shape index (κ2) is 11.5. The molecule has 182 valence electrons. The number of benzene rings is 2. The van der Waals surface area contributed by atoms with Crippen molar-refractivity contribution >= 4 is 23.5 Å². The van der Waals surface area contributed by atoms with Crippen LogP contribution in [0.1, 0.15) is 29.8 Å². The van der Waals surface area contributed by atoms with Crippen molar-refractivity contribution in [2.45, 2.75) is 26.8 Å². The van der Waals surface area contributed by atoms with E-state index in [1.165, 1.54) is 0 Å². The Balaban J connectivity index is 1.48. The topological polar surface area (TPSA) is 88.2 Å². The summed E-state index contributed by atoms with van der Waals surface area (Å²) in [4.78, 5) is 41.8. The van der Waals surface area contributed by atoms with Crippen LogP contribution in [0.3, 0.4) is 0 Å². The molecule has 2 aromatic rings. The van der Waals surface area contributed by atoms with Crippen molar-refractivity contribution in [3.63, 3.8) is 0 Å². The highest BCUT2D eigenvalue weighted by Crippen LogP contribution is 2.20. The number of carbonyl (C=O) groups excluding carboxylic acids is 3. The Labute approximate surface area is 200 Å². The van der Waals surface area contributed by atoms with E-state index in [2.05, 4.69) is 10.2 Å². The minimum Gasteiger partial charge on any atom is -0.497 e. The Hall–Kier alpha value is -3.55. The van der Waals surface area contributed by atoms with Crippen LogP contribution in [0.2, 0.25) is 0 Å². The number of nitrogens with zero attached hydrogens (tertiary/aromatic N) is 2. The quantitative estimate of drug-likeness (QED) is 0.601. The van der Waals surface area contributed by atoms with E-state index >= 15 is 0 Å². The third kappa shape index (κ3) is 6.50. The summed E-state index contributed by atoms with van der Waals surface area (Å²) in [5.41, 5.74) is 2.50. The number of carbonyl (C=O) groups is 3. The molecule has 1 heterocycles. The van der Waals surface area contributed by atoms with Crippen LogP contribution in [0.4, 0.5) is 5.69 Å². The molecule has 1 unspecified atom stereocenters. The van der Waals surface area contributed by atoms with Crippen LogP contribution in [0, 0.1) is 12.8 Å². The summed E-state index contributed by atoms with van der Waals surface area (Å²) in [6.45, 7) is 7.66. The first-order chi connectivity index (χ1) is 16.3. The Morgan fingerprint density at radius 1 is 1.00 bits per heavy atom. The van der Waals surface area contributed by atoms with E-state index < -0.39 is 12.0 Å². The number of hydrogen-bond donors (Lipinski definition) is 1. The van der Waals surface area contributed by atoms with Crippen LogP contribution in [0.25, 0.3) is 0 Å². The number of anilines is 1. The second-order valence-corrected chi connectivity index (χ2v) is 8.74. The van der Waals surface area contributed by atoms with Gasteiger partial charge in [-0.15, -0.1) is 0 Å². The lowest BCUT2D eigenvalue weighted by atomic mass is 10.0.